The number of aryl methyl sites for hydroxylation is 3. The second-order valence-electron chi connectivity index (χ2n) is 7.39. The maximum Gasteiger partial charge on any atom is 0.344 e. The number of aliphatic carboxylic acids is 1. The molecule has 160 valence electrons. The number of oxazole rings is 1. The van der Waals surface area contributed by atoms with Crippen LogP contribution in [0.15, 0.2) is 57.5 Å². The van der Waals surface area contributed by atoms with Crippen LogP contribution < -0.4 is 4.74 Å². The Morgan fingerprint density at radius 3 is 2.61 bits per heavy atom. The van der Waals surface area contributed by atoms with Crippen LogP contribution in [0.5, 0.6) is 5.75 Å². The van der Waals surface area contributed by atoms with Crippen LogP contribution in [0.25, 0.3) is 22.4 Å². The fourth-order valence-corrected chi connectivity index (χ4v) is 3.42. The summed E-state index contributed by atoms with van der Waals surface area (Å²) in [5.41, 5.74) is 3.27. The molecule has 7 heteroatoms. The van der Waals surface area contributed by atoms with E-state index in [-0.39, 0.29) is 0 Å². The Hall–Kier alpha value is -3.61. The van der Waals surface area contributed by atoms with Gasteiger partial charge in [0.1, 0.15) is 11.5 Å². The van der Waals surface area contributed by atoms with E-state index in [0.29, 0.717) is 30.1 Å². The molecule has 0 aliphatic rings. The summed E-state index contributed by atoms with van der Waals surface area (Å²) in [5.74, 6) is 0.953. The number of carbonyl (C=O) groups is 1. The smallest absolute Gasteiger partial charge is 0.344 e. The van der Waals surface area contributed by atoms with Crippen LogP contribution in [0.1, 0.15) is 37.4 Å². The number of benzene rings is 2. The highest BCUT2D eigenvalue weighted by Gasteiger charge is 2.17. The maximum absolute atomic E-state index is 11.0. The van der Waals surface area contributed by atoms with Gasteiger partial charge in [0.2, 0.25) is 5.89 Å². The molecule has 4 aromatic rings. The molecule has 2 aromatic carbocycles. The number of carboxylic acid groups (broad SMARTS) is 1. The quantitative estimate of drug-likeness (QED) is 0.403. The zero-order valence-corrected chi connectivity index (χ0v) is 17.5. The van der Waals surface area contributed by atoms with Gasteiger partial charge in [-0.25, -0.2) is 9.78 Å². The van der Waals surface area contributed by atoms with E-state index in [1.807, 2.05) is 36.4 Å². The second-order valence-corrected chi connectivity index (χ2v) is 7.39. The number of ether oxygens (including phenoxy) is 1. The molecule has 2 aromatic heterocycles. The molecule has 0 bridgehead atoms. The van der Waals surface area contributed by atoms with Crippen molar-refractivity contribution in [1.82, 2.24) is 10.1 Å². The first-order valence-electron chi connectivity index (χ1n) is 10.4. The molecule has 0 radical (unpaired) electrons. The van der Waals surface area contributed by atoms with Gasteiger partial charge < -0.3 is 18.8 Å². The molecule has 0 saturated heterocycles. The third-order valence-corrected chi connectivity index (χ3v) is 5.05. The lowest BCUT2D eigenvalue weighted by molar-refractivity contribution is -0.144. The SMILES string of the molecule is CCCc1oc(-c2ccccc2)nc1CCc1noc2cc(OC(C)C(=O)O)ccc12. The van der Waals surface area contributed by atoms with Gasteiger partial charge in [0.15, 0.2) is 11.7 Å². The van der Waals surface area contributed by atoms with Crippen LogP contribution in [-0.2, 0) is 24.1 Å². The predicted octanol–water partition coefficient (Wildman–Crippen LogP) is 5.07. The number of nitrogens with zero attached hydrogens (tertiary/aromatic N) is 2. The van der Waals surface area contributed by atoms with E-state index in [0.717, 1.165) is 40.9 Å². The molecule has 4 rings (SSSR count). The largest absolute Gasteiger partial charge is 0.479 e. The van der Waals surface area contributed by atoms with Crippen LogP contribution in [0, 0.1) is 0 Å². The Morgan fingerprint density at radius 2 is 1.87 bits per heavy atom. The first-order chi connectivity index (χ1) is 15.0. The summed E-state index contributed by atoms with van der Waals surface area (Å²) in [5, 5.41) is 14.1. The molecule has 0 saturated carbocycles. The number of aromatic nitrogens is 2. The summed E-state index contributed by atoms with van der Waals surface area (Å²) in [6.07, 6.45) is 2.19. The molecular formula is C24H24N2O5. The van der Waals surface area contributed by atoms with Crippen LogP contribution >= 0.6 is 0 Å². The number of hydrogen-bond donors (Lipinski definition) is 1. The lowest BCUT2D eigenvalue weighted by Crippen LogP contribution is -2.22. The minimum atomic E-state index is -1.02. The summed E-state index contributed by atoms with van der Waals surface area (Å²) in [6, 6.07) is 15.1. The van der Waals surface area contributed by atoms with Crippen molar-refractivity contribution in [2.45, 2.75) is 45.6 Å². The van der Waals surface area contributed by atoms with E-state index in [1.54, 1.807) is 12.1 Å². The maximum atomic E-state index is 11.0. The zero-order valence-electron chi connectivity index (χ0n) is 17.5. The highest BCUT2D eigenvalue weighted by atomic mass is 16.5. The van der Waals surface area contributed by atoms with Crippen LogP contribution in [0.3, 0.4) is 0 Å². The van der Waals surface area contributed by atoms with Crippen LogP contribution in [0.2, 0.25) is 0 Å². The molecule has 0 aliphatic heterocycles. The normalized spacial score (nSPS) is 12.2. The second kappa shape index (κ2) is 9.04. The van der Waals surface area contributed by atoms with Gasteiger partial charge >= 0.3 is 5.97 Å². The summed E-state index contributed by atoms with van der Waals surface area (Å²) < 4.78 is 16.9. The highest BCUT2D eigenvalue weighted by Crippen LogP contribution is 2.27. The van der Waals surface area contributed by atoms with Gasteiger partial charge in [-0.3, -0.25) is 0 Å². The highest BCUT2D eigenvalue weighted by molar-refractivity contribution is 5.81. The minimum Gasteiger partial charge on any atom is -0.479 e. The van der Waals surface area contributed by atoms with Gasteiger partial charge in [0.25, 0.3) is 0 Å². The summed E-state index contributed by atoms with van der Waals surface area (Å²) in [6.45, 7) is 3.60. The standard InChI is InChI=1S/C24H24N2O5/c1-3-7-21-20(25-23(30-21)16-8-5-4-6-9-16)13-12-19-18-11-10-17(14-22(18)31-26-19)29-15(2)24(27)28/h4-6,8-11,14-15H,3,7,12-13H2,1-2H3,(H,27,28). The lowest BCUT2D eigenvalue weighted by Gasteiger charge is -2.09. The first kappa shape index (κ1) is 20.7. The third-order valence-electron chi connectivity index (χ3n) is 5.05. The van der Waals surface area contributed by atoms with Gasteiger partial charge in [-0.2, -0.15) is 0 Å². The van der Waals surface area contributed by atoms with Gasteiger partial charge in [-0.05, 0) is 50.5 Å². The Bertz CT molecular complexity index is 1180. The van der Waals surface area contributed by atoms with Crippen molar-refractivity contribution in [3.63, 3.8) is 0 Å². The number of rotatable bonds is 9. The molecule has 0 amide bonds. The van der Waals surface area contributed by atoms with Crippen molar-refractivity contribution >= 4 is 16.9 Å². The van der Waals surface area contributed by atoms with Crippen molar-refractivity contribution in [2.75, 3.05) is 0 Å². The predicted molar refractivity (Wildman–Crippen MR) is 115 cm³/mol. The Labute approximate surface area is 179 Å². The molecule has 1 N–H and O–H groups in total. The third kappa shape index (κ3) is 4.60. The number of hydrogen-bond acceptors (Lipinski definition) is 6. The molecule has 0 fully saturated rings. The van der Waals surface area contributed by atoms with Crippen molar-refractivity contribution in [3.8, 4) is 17.2 Å². The van der Waals surface area contributed by atoms with Gasteiger partial charge in [-0.15, -0.1) is 0 Å². The van der Waals surface area contributed by atoms with E-state index < -0.39 is 12.1 Å². The van der Waals surface area contributed by atoms with E-state index in [9.17, 15) is 4.79 Å². The summed E-state index contributed by atoms with van der Waals surface area (Å²) in [4.78, 5) is 15.7. The Morgan fingerprint density at radius 1 is 1.10 bits per heavy atom. The number of fused-ring (bicyclic) bond motifs is 1. The fraction of sp³-hybridized carbons (Fsp3) is 0.292. The lowest BCUT2D eigenvalue weighted by atomic mass is 10.1. The average molecular weight is 420 g/mol. The number of carboxylic acids is 1. The van der Waals surface area contributed by atoms with Crippen molar-refractivity contribution in [3.05, 3.63) is 65.7 Å². The molecule has 2 heterocycles. The summed E-state index contributed by atoms with van der Waals surface area (Å²) >= 11 is 0. The molecule has 31 heavy (non-hydrogen) atoms. The van der Waals surface area contributed by atoms with Crippen molar-refractivity contribution in [2.24, 2.45) is 0 Å². The van der Waals surface area contributed by atoms with Crippen LogP contribution in [0.4, 0.5) is 0 Å². The van der Waals surface area contributed by atoms with Gasteiger partial charge in [0.05, 0.1) is 11.4 Å². The van der Waals surface area contributed by atoms with Crippen molar-refractivity contribution in [1.29, 1.82) is 0 Å². The summed E-state index contributed by atoms with van der Waals surface area (Å²) in [7, 11) is 0. The molecule has 1 atom stereocenters. The fourth-order valence-electron chi connectivity index (χ4n) is 3.42. The van der Waals surface area contributed by atoms with E-state index in [4.69, 9.17) is 23.8 Å². The Balaban J connectivity index is 1.52. The van der Waals surface area contributed by atoms with E-state index in [1.165, 1.54) is 6.92 Å². The van der Waals surface area contributed by atoms with Crippen molar-refractivity contribution < 1.29 is 23.6 Å². The van der Waals surface area contributed by atoms with Crippen LogP contribution in [-0.4, -0.2) is 27.3 Å². The van der Waals surface area contributed by atoms with E-state index in [2.05, 4.69) is 12.1 Å². The first-order valence-corrected chi connectivity index (χ1v) is 10.4. The molecular weight excluding hydrogens is 396 g/mol. The molecule has 7 nitrogen and oxygen atoms in total. The monoisotopic (exact) mass is 420 g/mol. The molecule has 0 aliphatic carbocycles. The zero-order chi connectivity index (χ0) is 21.8. The molecule has 1 unspecified atom stereocenters. The molecule has 0 spiro atoms. The topological polar surface area (TPSA) is 98.6 Å². The van der Waals surface area contributed by atoms with E-state index >= 15 is 0 Å². The van der Waals surface area contributed by atoms with Gasteiger partial charge in [-0.1, -0.05) is 30.3 Å². The average Bonchev–Trinajstić information content (AvgIpc) is 3.36. The Kier molecular flexibility index (Phi) is 6.02. The minimum absolute atomic E-state index is 0.430. The van der Waals surface area contributed by atoms with Gasteiger partial charge in [0, 0.05) is 23.4 Å².